The van der Waals surface area contributed by atoms with E-state index in [0.29, 0.717) is 13.0 Å². The quantitative estimate of drug-likeness (QED) is 0.236. The number of hydrogen-bond acceptors (Lipinski definition) is 5. The number of guanidine groups is 1. The van der Waals surface area contributed by atoms with Crippen molar-refractivity contribution in [2.75, 3.05) is 26.2 Å². The molecule has 1 rings (SSSR count). The minimum absolute atomic E-state index is 0.0774. The number of aromatic nitrogens is 1. The summed E-state index contributed by atoms with van der Waals surface area (Å²) in [6.45, 7) is 8.99. The predicted octanol–water partition coefficient (Wildman–Crippen LogP) is 3.45. The van der Waals surface area contributed by atoms with Gasteiger partial charge in [0.05, 0.1) is 11.6 Å². The van der Waals surface area contributed by atoms with Crippen LogP contribution in [-0.2, 0) is 16.0 Å². The highest BCUT2D eigenvalue weighted by atomic mass is 32.1. The van der Waals surface area contributed by atoms with Crippen LogP contribution in [0.5, 0.6) is 0 Å². The molecule has 0 aliphatic carbocycles. The van der Waals surface area contributed by atoms with Crippen molar-refractivity contribution in [3.05, 3.63) is 16.1 Å². The molecule has 1 aromatic heterocycles. The summed E-state index contributed by atoms with van der Waals surface area (Å²) in [5.74, 6) is 0.800. The molecule has 0 unspecified atom stereocenters. The van der Waals surface area contributed by atoms with Crippen LogP contribution in [0.1, 0.15) is 62.3 Å². The molecule has 7 heteroatoms. The number of thiazole rings is 1. The lowest BCUT2D eigenvalue weighted by Crippen LogP contribution is -2.38. The molecule has 148 valence electrons. The van der Waals surface area contributed by atoms with Crippen LogP contribution in [0.4, 0.5) is 0 Å². The smallest absolute Gasteiger partial charge is 0.305 e. The first-order valence-corrected chi connectivity index (χ1v) is 10.6. The lowest BCUT2D eigenvalue weighted by Gasteiger charge is -2.10. The third kappa shape index (κ3) is 11.1. The molecule has 0 aromatic carbocycles. The Kier molecular flexibility index (Phi) is 12.5. The summed E-state index contributed by atoms with van der Waals surface area (Å²) < 4.78 is 4.92. The van der Waals surface area contributed by atoms with Crippen molar-refractivity contribution < 1.29 is 9.53 Å². The van der Waals surface area contributed by atoms with Gasteiger partial charge in [0, 0.05) is 43.5 Å². The van der Waals surface area contributed by atoms with Crippen LogP contribution in [-0.4, -0.2) is 43.2 Å². The molecule has 26 heavy (non-hydrogen) atoms. The predicted molar refractivity (Wildman–Crippen MR) is 109 cm³/mol. The number of nitrogens with zero attached hydrogens (tertiary/aromatic N) is 2. The van der Waals surface area contributed by atoms with Gasteiger partial charge in [-0.05, 0) is 33.6 Å². The topological polar surface area (TPSA) is 75.6 Å². The molecule has 1 aromatic rings. The summed E-state index contributed by atoms with van der Waals surface area (Å²) in [5.41, 5.74) is 0. The standard InChI is InChI=1S/C19H34N4O2S/c1-4-20-19(22-14-12-17-23-15-16(3)26-17)21-13-10-8-6-7-9-11-18(24)25-5-2/h15H,4-14H2,1-3H3,(H2,20,21,22). The van der Waals surface area contributed by atoms with E-state index in [4.69, 9.17) is 4.74 Å². The number of esters is 1. The van der Waals surface area contributed by atoms with Gasteiger partial charge in [-0.25, -0.2) is 4.98 Å². The summed E-state index contributed by atoms with van der Waals surface area (Å²) in [7, 11) is 0. The van der Waals surface area contributed by atoms with Gasteiger partial charge >= 0.3 is 5.97 Å². The van der Waals surface area contributed by atoms with Gasteiger partial charge in [0.2, 0.25) is 0 Å². The van der Waals surface area contributed by atoms with Crippen molar-refractivity contribution in [2.45, 2.75) is 65.7 Å². The van der Waals surface area contributed by atoms with Crippen LogP contribution in [0.15, 0.2) is 11.2 Å². The van der Waals surface area contributed by atoms with E-state index in [1.54, 1.807) is 11.3 Å². The molecule has 0 bridgehead atoms. The van der Waals surface area contributed by atoms with Crippen molar-refractivity contribution in [3.63, 3.8) is 0 Å². The fourth-order valence-electron chi connectivity index (χ4n) is 2.48. The van der Waals surface area contributed by atoms with Crippen LogP contribution in [0.3, 0.4) is 0 Å². The summed E-state index contributed by atoms with van der Waals surface area (Å²) in [5, 5.41) is 7.81. The summed E-state index contributed by atoms with van der Waals surface area (Å²) in [4.78, 5) is 21.5. The fraction of sp³-hybridized carbons (Fsp3) is 0.737. The summed E-state index contributed by atoms with van der Waals surface area (Å²) >= 11 is 1.75. The number of unbranched alkanes of at least 4 members (excludes halogenated alkanes) is 4. The van der Waals surface area contributed by atoms with Gasteiger partial charge < -0.3 is 15.4 Å². The van der Waals surface area contributed by atoms with E-state index in [1.165, 1.54) is 4.88 Å². The van der Waals surface area contributed by atoms with Crippen molar-refractivity contribution in [2.24, 2.45) is 4.99 Å². The van der Waals surface area contributed by atoms with E-state index in [2.05, 4.69) is 34.5 Å². The highest BCUT2D eigenvalue weighted by molar-refractivity contribution is 7.11. The Morgan fingerprint density at radius 1 is 1.19 bits per heavy atom. The Morgan fingerprint density at radius 3 is 2.65 bits per heavy atom. The first-order valence-electron chi connectivity index (χ1n) is 9.74. The number of aryl methyl sites for hydroxylation is 1. The third-order valence-electron chi connectivity index (χ3n) is 3.76. The second-order valence-electron chi connectivity index (χ2n) is 6.12. The summed E-state index contributed by atoms with van der Waals surface area (Å²) in [6, 6.07) is 0. The second-order valence-corrected chi connectivity index (χ2v) is 7.44. The average molecular weight is 383 g/mol. The number of carbonyl (C=O) groups excluding carboxylic acids is 1. The molecule has 0 aliphatic heterocycles. The Hall–Kier alpha value is -1.63. The molecule has 0 fully saturated rings. The number of carbonyl (C=O) groups is 1. The molecule has 0 saturated carbocycles. The van der Waals surface area contributed by atoms with Gasteiger partial charge in [0.1, 0.15) is 0 Å². The number of rotatable bonds is 13. The first kappa shape index (κ1) is 22.4. The number of aliphatic imine (C=N–C) groups is 1. The number of hydrogen-bond donors (Lipinski definition) is 2. The van der Waals surface area contributed by atoms with E-state index < -0.39 is 0 Å². The van der Waals surface area contributed by atoms with Crippen LogP contribution >= 0.6 is 11.3 Å². The maximum atomic E-state index is 11.2. The Morgan fingerprint density at radius 2 is 1.96 bits per heavy atom. The summed E-state index contributed by atoms with van der Waals surface area (Å²) in [6.07, 6.45) is 8.74. The van der Waals surface area contributed by atoms with Crippen molar-refractivity contribution >= 4 is 23.3 Å². The molecule has 0 radical (unpaired) electrons. The number of ether oxygens (including phenoxy) is 1. The van der Waals surface area contributed by atoms with Crippen molar-refractivity contribution in [1.29, 1.82) is 0 Å². The van der Waals surface area contributed by atoms with Gasteiger partial charge in [-0.3, -0.25) is 9.79 Å². The van der Waals surface area contributed by atoms with Crippen molar-refractivity contribution in [1.82, 2.24) is 15.6 Å². The van der Waals surface area contributed by atoms with E-state index in [-0.39, 0.29) is 5.97 Å². The molecule has 6 nitrogen and oxygen atoms in total. The molecular formula is C19H34N4O2S. The lowest BCUT2D eigenvalue weighted by molar-refractivity contribution is -0.143. The zero-order chi connectivity index (χ0) is 19.0. The maximum absolute atomic E-state index is 11.2. The third-order valence-corrected chi connectivity index (χ3v) is 4.73. The normalized spacial score (nSPS) is 11.4. The molecular weight excluding hydrogens is 348 g/mol. The highest BCUT2D eigenvalue weighted by Crippen LogP contribution is 2.11. The van der Waals surface area contributed by atoms with Crippen LogP contribution in [0, 0.1) is 6.92 Å². The molecule has 0 amide bonds. The zero-order valence-corrected chi connectivity index (χ0v) is 17.3. The van der Waals surface area contributed by atoms with Gasteiger partial charge in [-0.1, -0.05) is 19.3 Å². The molecule has 2 N–H and O–H groups in total. The van der Waals surface area contributed by atoms with Gasteiger partial charge in [-0.15, -0.1) is 11.3 Å². The zero-order valence-electron chi connectivity index (χ0n) is 16.5. The number of nitrogens with one attached hydrogen (secondary N) is 2. The Bertz CT molecular complexity index is 531. The molecule has 0 saturated heterocycles. The van der Waals surface area contributed by atoms with Gasteiger partial charge in [0.15, 0.2) is 5.96 Å². The van der Waals surface area contributed by atoms with Gasteiger partial charge in [-0.2, -0.15) is 0 Å². The maximum Gasteiger partial charge on any atom is 0.305 e. The molecule has 0 atom stereocenters. The highest BCUT2D eigenvalue weighted by Gasteiger charge is 2.02. The van der Waals surface area contributed by atoms with E-state index in [1.807, 2.05) is 13.1 Å². The van der Waals surface area contributed by atoms with Gasteiger partial charge in [0.25, 0.3) is 0 Å². The average Bonchev–Trinajstić information content (AvgIpc) is 3.02. The largest absolute Gasteiger partial charge is 0.466 e. The molecule has 0 spiro atoms. The molecule has 0 aliphatic rings. The van der Waals surface area contributed by atoms with E-state index in [9.17, 15) is 4.79 Å². The van der Waals surface area contributed by atoms with Crippen molar-refractivity contribution in [3.8, 4) is 0 Å². The SMILES string of the molecule is CCNC(=NCCCCCCCC(=O)OCC)NCCc1ncc(C)s1. The Labute approximate surface area is 161 Å². The first-order chi connectivity index (χ1) is 12.7. The van der Waals surface area contributed by atoms with Crippen LogP contribution in [0.25, 0.3) is 0 Å². The van der Waals surface area contributed by atoms with E-state index in [0.717, 1.165) is 69.1 Å². The van der Waals surface area contributed by atoms with Crippen LogP contribution < -0.4 is 10.6 Å². The minimum Gasteiger partial charge on any atom is -0.466 e. The second kappa shape index (κ2) is 14.5. The lowest BCUT2D eigenvalue weighted by atomic mass is 10.1. The minimum atomic E-state index is -0.0774. The van der Waals surface area contributed by atoms with Crippen LogP contribution in [0.2, 0.25) is 0 Å². The Balaban J connectivity index is 2.10. The van der Waals surface area contributed by atoms with E-state index >= 15 is 0 Å². The molecule has 1 heterocycles. The fourth-order valence-corrected chi connectivity index (χ4v) is 3.27. The monoisotopic (exact) mass is 382 g/mol.